The van der Waals surface area contributed by atoms with Crippen LogP contribution in [0.4, 0.5) is 4.39 Å². The molecule has 0 aromatic heterocycles. The number of halogens is 2. The summed E-state index contributed by atoms with van der Waals surface area (Å²) < 4.78 is 13.8. The van der Waals surface area contributed by atoms with Crippen LogP contribution in [0.1, 0.15) is 37.2 Å². The van der Waals surface area contributed by atoms with Crippen molar-refractivity contribution >= 4 is 17.6 Å². The second-order valence-corrected chi connectivity index (χ2v) is 5.28. The molecule has 5 heteroatoms. The van der Waals surface area contributed by atoms with E-state index in [1.165, 1.54) is 6.07 Å². The van der Waals surface area contributed by atoms with Gasteiger partial charge < -0.3 is 10.8 Å². The largest absolute Gasteiger partial charge is 0.480 e. The monoisotopic (exact) mass is 271 g/mol. The molecule has 0 atom stereocenters. The Morgan fingerprint density at radius 2 is 2.06 bits per heavy atom. The smallest absolute Gasteiger partial charge is 0.323 e. The van der Waals surface area contributed by atoms with Crippen molar-refractivity contribution in [2.45, 2.75) is 37.1 Å². The summed E-state index contributed by atoms with van der Waals surface area (Å²) in [5.74, 6) is -1.36. The summed E-state index contributed by atoms with van der Waals surface area (Å²) in [6.45, 7) is 0. The minimum atomic E-state index is -1.17. The van der Waals surface area contributed by atoms with E-state index in [-0.39, 0.29) is 11.7 Å². The standard InChI is InChI=1S/C13H15ClFNO2/c14-9-2-1-3-10(15)11(9)8-4-6-13(16,7-5-8)12(17)18/h1-3,8H,4-7,16H2,(H,17,18). The zero-order chi connectivity index (χ0) is 13.3. The third-order valence-corrected chi connectivity index (χ3v) is 4.04. The van der Waals surface area contributed by atoms with Gasteiger partial charge in [0.25, 0.3) is 0 Å². The van der Waals surface area contributed by atoms with Gasteiger partial charge in [0.1, 0.15) is 11.4 Å². The summed E-state index contributed by atoms with van der Waals surface area (Å²) in [6.07, 6.45) is 1.78. The molecule has 0 aliphatic heterocycles. The van der Waals surface area contributed by atoms with Crippen molar-refractivity contribution in [3.8, 4) is 0 Å². The van der Waals surface area contributed by atoms with Crippen molar-refractivity contribution in [2.75, 3.05) is 0 Å². The third-order valence-electron chi connectivity index (χ3n) is 3.71. The van der Waals surface area contributed by atoms with Crippen molar-refractivity contribution in [3.63, 3.8) is 0 Å². The van der Waals surface area contributed by atoms with Gasteiger partial charge in [-0.15, -0.1) is 0 Å². The van der Waals surface area contributed by atoms with E-state index >= 15 is 0 Å². The SMILES string of the molecule is NC1(C(=O)O)CCC(c2c(F)cccc2Cl)CC1. The number of carboxylic acids is 1. The summed E-state index contributed by atoms with van der Waals surface area (Å²) in [5.41, 5.74) is 5.11. The molecule has 1 aliphatic rings. The zero-order valence-corrected chi connectivity index (χ0v) is 10.6. The number of hydrogen-bond acceptors (Lipinski definition) is 2. The maximum atomic E-state index is 13.8. The molecule has 1 saturated carbocycles. The number of nitrogens with two attached hydrogens (primary N) is 1. The molecule has 1 fully saturated rings. The van der Waals surface area contributed by atoms with Gasteiger partial charge in [0.15, 0.2) is 0 Å². The highest BCUT2D eigenvalue weighted by Crippen LogP contribution is 2.40. The molecule has 2 rings (SSSR count). The Bertz CT molecular complexity index is 450. The van der Waals surface area contributed by atoms with Crippen LogP contribution in [0.5, 0.6) is 0 Å². The summed E-state index contributed by atoms with van der Waals surface area (Å²) in [5, 5.41) is 9.44. The van der Waals surface area contributed by atoms with E-state index in [0.29, 0.717) is 36.3 Å². The predicted molar refractivity (Wildman–Crippen MR) is 67.2 cm³/mol. The molecule has 18 heavy (non-hydrogen) atoms. The fourth-order valence-electron chi connectivity index (χ4n) is 2.54. The van der Waals surface area contributed by atoms with Crippen LogP contribution in [-0.4, -0.2) is 16.6 Å². The fraction of sp³-hybridized carbons (Fsp3) is 0.462. The highest BCUT2D eigenvalue weighted by atomic mass is 35.5. The number of carboxylic acid groups (broad SMARTS) is 1. The quantitative estimate of drug-likeness (QED) is 0.869. The van der Waals surface area contributed by atoms with E-state index in [1.54, 1.807) is 12.1 Å². The first-order valence-corrected chi connectivity index (χ1v) is 6.28. The van der Waals surface area contributed by atoms with Gasteiger partial charge in [0.2, 0.25) is 0 Å². The van der Waals surface area contributed by atoms with E-state index in [2.05, 4.69) is 0 Å². The molecule has 1 aromatic rings. The van der Waals surface area contributed by atoms with Crippen molar-refractivity contribution < 1.29 is 14.3 Å². The topological polar surface area (TPSA) is 63.3 Å². The van der Waals surface area contributed by atoms with Crippen LogP contribution in [-0.2, 0) is 4.79 Å². The van der Waals surface area contributed by atoms with E-state index in [9.17, 15) is 9.18 Å². The van der Waals surface area contributed by atoms with E-state index in [0.717, 1.165) is 0 Å². The third kappa shape index (κ3) is 2.35. The number of rotatable bonds is 2. The van der Waals surface area contributed by atoms with Gasteiger partial charge in [-0.3, -0.25) is 4.79 Å². The molecule has 0 spiro atoms. The second-order valence-electron chi connectivity index (χ2n) is 4.87. The highest BCUT2D eigenvalue weighted by Gasteiger charge is 2.39. The van der Waals surface area contributed by atoms with Gasteiger partial charge in [0.05, 0.1) is 0 Å². The van der Waals surface area contributed by atoms with E-state index in [1.807, 2.05) is 0 Å². The average Bonchev–Trinajstić information content (AvgIpc) is 2.31. The van der Waals surface area contributed by atoms with E-state index in [4.69, 9.17) is 22.4 Å². The lowest BCUT2D eigenvalue weighted by Gasteiger charge is -2.34. The lowest BCUT2D eigenvalue weighted by Crippen LogP contribution is -2.50. The van der Waals surface area contributed by atoms with E-state index < -0.39 is 11.5 Å². The molecule has 3 N–H and O–H groups in total. The molecule has 3 nitrogen and oxygen atoms in total. The van der Waals surface area contributed by atoms with Crippen molar-refractivity contribution in [3.05, 3.63) is 34.6 Å². The second kappa shape index (κ2) is 4.86. The van der Waals surface area contributed by atoms with Crippen LogP contribution in [0.15, 0.2) is 18.2 Å². The predicted octanol–water partition coefficient (Wildman–Crippen LogP) is 2.92. The first kappa shape index (κ1) is 13.3. The lowest BCUT2D eigenvalue weighted by atomic mass is 9.74. The summed E-state index contributed by atoms with van der Waals surface area (Å²) in [7, 11) is 0. The Kier molecular flexibility index (Phi) is 3.59. The van der Waals surface area contributed by atoms with Crippen LogP contribution >= 0.6 is 11.6 Å². The fourth-order valence-corrected chi connectivity index (χ4v) is 2.85. The average molecular weight is 272 g/mol. The molecule has 1 aromatic carbocycles. The van der Waals surface area contributed by atoms with Crippen LogP contribution in [0.25, 0.3) is 0 Å². The summed E-state index contributed by atoms with van der Waals surface area (Å²) >= 11 is 6.01. The molecule has 0 unspecified atom stereocenters. The van der Waals surface area contributed by atoms with Crippen LogP contribution in [0, 0.1) is 5.82 Å². The first-order valence-electron chi connectivity index (χ1n) is 5.90. The Hall–Kier alpha value is -1.13. The Balaban J connectivity index is 2.18. The normalized spacial score (nSPS) is 28.1. The van der Waals surface area contributed by atoms with Crippen molar-refractivity contribution in [1.29, 1.82) is 0 Å². The van der Waals surface area contributed by atoms with Crippen LogP contribution in [0.3, 0.4) is 0 Å². The minimum absolute atomic E-state index is 0.0466. The molecule has 98 valence electrons. The summed E-state index contributed by atoms with van der Waals surface area (Å²) in [4.78, 5) is 11.0. The van der Waals surface area contributed by atoms with Crippen molar-refractivity contribution in [2.24, 2.45) is 5.73 Å². The van der Waals surface area contributed by atoms with Gasteiger partial charge in [-0.2, -0.15) is 0 Å². The maximum Gasteiger partial charge on any atom is 0.323 e. The number of hydrogen-bond donors (Lipinski definition) is 2. The van der Waals surface area contributed by atoms with Gasteiger partial charge in [-0.25, -0.2) is 4.39 Å². The molecule has 0 saturated heterocycles. The molecule has 0 radical (unpaired) electrons. The van der Waals surface area contributed by atoms with Gasteiger partial charge >= 0.3 is 5.97 Å². The number of carbonyl (C=O) groups is 1. The number of benzene rings is 1. The lowest BCUT2D eigenvalue weighted by molar-refractivity contribution is -0.144. The van der Waals surface area contributed by atoms with Gasteiger partial charge in [0, 0.05) is 10.6 Å². The molecule has 0 amide bonds. The molecular formula is C13H15ClFNO2. The first-order chi connectivity index (χ1) is 8.44. The summed E-state index contributed by atoms with van der Waals surface area (Å²) in [6, 6.07) is 4.60. The van der Waals surface area contributed by atoms with Gasteiger partial charge in [-0.05, 0) is 43.7 Å². The van der Waals surface area contributed by atoms with Crippen LogP contribution < -0.4 is 5.73 Å². The van der Waals surface area contributed by atoms with Gasteiger partial charge in [-0.1, -0.05) is 17.7 Å². The molecule has 1 aliphatic carbocycles. The Morgan fingerprint density at radius 1 is 1.44 bits per heavy atom. The molecule has 0 heterocycles. The highest BCUT2D eigenvalue weighted by molar-refractivity contribution is 6.31. The maximum absolute atomic E-state index is 13.8. The molecule has 0 bridgehead atoms. The Labute approximate surface area is 110 Å². The number of aliphatic carboxylic acids is 1. The Morgan fingerprint density at radius 3 is 2.56 bits per heavy atom. The minimum Gasteiger partial charge on any atom is -0.480 e. The van der Waals surface area contributed by atoms with Crippen molar-refractivity contribution in [1.82, 2.24) is 0 Å². The molecular weight excluding hydrogens is 257 g/mol. The van der Waals surface area contributed by atoms with Crippen LogP contribution in [0.2, 0.25) is 5.02 Å². The zero-order valence-electron chi connectivity index (χ0n) is 9.83.